The molecular weight excluding hydrogens is 497 g/mol. The van der Waals surface area contributed by atoms with Gasteiger partial charge in [0.1, 0.15) is 0 Å². The van der Waals surface area contributed by atoms with E-state index in [0.717, 1.165) is 52.9 Å². The molecule has 4 nitrogen and oxygen atoms in total. The molecule has 4 rings (SSSR count). The van der Waals surface area contributed by atoms with Crippen LogP contribution in [0.1, 0.15) is 51.4 Å². The predicted molar refractivity (Wildman–Crippen MR) is 138 cm³/mol. The van der Waals surface area contributed by atoms with Crippen LogP contribution in [-0.2, 0) is 51.7 Å². The van der Waals surface area contributed by atoms with E-state index in [0.29, 0.717) is 0 Å². The van der Waals surface area contributed by atoms with Crippen LogP contribution in [0.25, 0.3) is 0 Å². The van der Waals surface area contributed by atoms with Crippen LogP contribution in [0.2, 0.25) is 39.3 Å². The monoisotopic (exact) mass is 551 g/mol. The van der Waals surface area contributed by atoms with E-state index in [2.05, 4.69) is 52.4 Å². The third-order valence-electron chi connectivity index (χ3n) is 3.31. The van der Waals surface area contributed by atoms with Crippen molar-refractivity contribution in [2.75, 3.05) is 52.9 Å². The minimum Gasteiger partial charge on any atom is -0.381 e. The fraction of sp³-hybridized carbons (Fsp3) is 0.917. The normalized spacial score (nSPS) is 19.4. The van der Waals surface area contributed by atoms with Gasteiger partial charge in [0.15, 0.2) is 0 Å². The summed E-state index contributed by atoms with van der Waals surface area (Å²) in [5.74, 6) is 0. The Hall–Kier alpha value is 1.38. The van der Waals surface area contributed by atoms with Crippen molar-refractivity contribution in [2.24, 2.45) is 0 Å². The molecule has 0 spiro atoms. The maximum absolute atomic E-state index is 4.94. The summed E-state index contributed by atoms with van der Waals surface area (Å²) in [6, 6.07) is 0. The zero-order valence-electron chi connectivity index (χ0n) is 21.9. The van der Waals surface area contributed by atoms with Crippen molar-refractivity contribution < 1.29 is 51.7 Å². The van der Waals surface area contributed by atoms with E-state index < -0.39 is 16.1 Å². The molecule has 31 heavy (non-hydrogen) atoms. The van der Waals surface area contributed by atoms with Gasteiger partial charge in [0.25, 0.3) is 0 Å². The molecule has 0 bridgehead atoms. The zero-order valence-corrected chi connectivity index (χ0v) is 26.8. The minimum atomic E-state index is -0.861. The van der Waals surface area contributed by atoms with Gasteiger partial charge in [0, 0.05) is 52.9 Å². The van der Waals surface area contributed by atoms with Gasteiger partial charge < -0.3 is 32.0 Å². The zero-order chi connectivity index (χ0) is 23.1. The Bertz CT molecular complexity index is 224. The molecule has 0 N–H and O–H groups in total. The van der Waals surface area contributed by atoms with Gasteiger partial charge in [-0.2, -0.15) is 0 Å². The third kappa shape index (κ3) is 59.3. The Labute approximate surface area is 223 Å². The molecule has 0 atom stereocenters. The number of hydrogen-bond donors (Lipinski definition) is 0. The van der Waals surface area contributed by atoms with E-state index in [4.69, 9.17) is 18.9 Å². The molecule has 4 saturated heterocycles. The molecule has 7 heteroatoms. The van der Waals surface area contributed by atoms with Crippen molar-refractivity contribution in [2.45, 2.75) is 90.6 Å². The van der Waals surface area contributed by atoms with E-state index in [1.165, 1.54) is 51.4 Å². The first-order valence-electron chi connectivity index (χ1n) is 12.0. The summed E-state index contributed by atoms with van der Waals surface area (Å²) < 4.78 is 19.8. The first-order chi connectivity index (χ1) is 14.0. The van der Waals surface area contributed by atoms with Crippen LogP contribution in [-0.4, -0.2) is 69.0 Å². The van der Waals surface area contributed by atoms with E-state index in [9.17, 15) is 0 Å². The molecule has 0 aromatic heterocycles. The van der Waals surface area contributed by atoms with Gasteiger partial charge in [-0.05, 0) is 51.4 Å². The Morgan fingerprint density at radius 1 is 0.387 bits per heavy atom. The Morgan fingerprint density at radius 2 is 0.484 bits per heavy atom. The predicted octanol–water partition coefficient (Wildman–Crippen LogP) is 6.58. The molecule has 4 heterocycles. The third-order valence-corrected chi connectivity index (χ3v) is 3.31. The molecule has 0 saturated carbocycles. The van der Waals surface area contributed by atoms with Crippen LogP contribution < -0.4 is 0 Å². The van der Waals surface area contributed by atoms with Crippen LogP contribution >= 0.6 is 0 Å². The molecule has 0 radical (unpaired) electrons. The van der Waals surface area contributed by atoms with Gasteiger partial charge in [-0.3, -0.25) is 0 Å². The minimum absolute atomic E-state index is 0. The Morgan fingerprint density at radius 3 is 0.516 bits per heavy atom. The first kappa shape index (κ1) is 36.9. The van der Waals surface area contributed by atoms with Crippen LogP contribution in [0, 0.1) is 13.1 Å². The van der Waals surface area contributed by atoms with Crippen LogP contribution in [0.15, 0.2) is 0 Å². The second-order valence-corrected chi connectivity index (χ2v) is 20.6. The summed E-state index contributed by atoms with van der Waals surface area (Å²) in [5.41, 5.74) is 0. The number of hydrogen-bond acceptors (Lipinski definition) is 4. The summed E-state index contributed by atoms with van der Waals surface area (Å²) in [5, 5.41) is 0. The van der Waals surface area contributed by atoms with Gasteiger partial charge >= 0.3 is 32.7 Å². The number of rotatable bonds is 0. The summed E-state index contributed by atoms with van der Waals surface area (Å²) in [6.45, 7) is 29.1. The molecular formula is C24H54O4Si2Y+. The van der Waals surface area contributed by atoms with E-state index in [-0.39, 0.29) is 32.7 Å². The molecule has 0 unspecified atom stereocenters. The summed E-state index contributed by atoms with van der Waals surface area (Å²) in [7, 11) is -1.72. The summed E-state index contributed by atoms with van der Waals surface area (Å²) >= 11 is 0. The van der Waals surface area contributed by atoms with Crippen molar-refractivity contribution in [1.29, 1.82) is 0 Å². The average molecular weight is 552 g/mol. The van der Waals surface area contributed by atoms with Crippen molar-refractivity contribution in [1.82, 2.24) is 0 Å². The van der Waals surface area contributed by atoms with Crippen LogP contribution in [0.3, 0.4) is 0 Å². The standard InChI is InChI=1S/4C4H8O.2C4H11Si.Y/c4*1-2-4-5-3-1;2*1-5(2,3)4;/h4*1-4H2;2*1H2,2-4H3;/q;;;;2*-1;+3. The maximum Gasteiger partial charge on any atom is 3.00 e. The summed E-state index contributed by atoms with van der Waals surface area (Å²) in [6.07, 6.45) is 10.2. The molecule has 0 aliphatic carbocycles. The molecule has 0 amide bonds. The number of ether oxygens (including phenoxy) is 4. The average Bonchev–Trinajstić information content (AvgIpc) is 3.51. The molecule has 0 aromatic rings. The fourth-order valence-corrected chi connectivity index (χ4v) is 2.04. The SMILES string of the molecule is C1CCOC1.C1CCOC1.C1CCOC1.C1CCOC1.[CH2-][Si](C)(C)C.[CH2-][Si](C)(C)C.[Y+3]. The van der Waals surface area contributed by atoms with E-state index >= 15 is 0 Å². The van der Waals surface area contributed by atoms with Gasteiger partial charge in [0.2, 0.25) is 0 Å². The van der Waals surface area contributed by atoms with E-state index in [1.807, 2.05) is 0 Å². The second kappa shape index (κ2) is 26.0. The van der Waals surface area contributed by atoms with Gasteiger partial charge in [0.05, 0.1) is 0 Å². The Balaban J connectivity index is -0.000000302. The molecule has 4 aliphatic heterocycles. The van der Waals surface area contributed by atoms with Crippen molar-refractivity contribution in [3.05, 3.63) is 13.1 Å². The van der Waals surface area contributed by atoms with Gasteiger partial charge in [-0.15, -0.1) is 16.1 Å². The van der Waals surface area contributed by atoms with E-state index in [1.54, 1.807) is 0 Å². The van der Waals surface area contributed by atoms with Crippen molar-refractivity contribution in [3.63, 3.8) is 0 Å². The molecule has 0 aromatic carbocycles. The largest absolute Gasteiger partial charge is 3.00 e. The van der Waals surface area contributed by atoms with Crippen molar-refractivity contribution >= 4 is 16.1 Å². The quantitative estimate of drug-likeness (QED) is 0.252. The van der Waals surface area contributed by atoms with Gasteiger partial charge in [-0.25, -0.2) is 0 Å². The second-order valence-electron chi connectivity index (χ2n) is 10.4. The topological polar surface area (TPSA) is 36.9 Å². The molecule has 4 aliphatic rings. The smallest absolute Gasteiger partial charge is 0.381 e. The first-order valence-corrected chi connectivity index (χ1v) is 19.4. The van der Waals surface area contributed by atoms with Crippen LogP contribution in [0.4, 0.5) is 0 Å². The molecule has 4 fully saturated rings. The van der Waals surface area contributed by atoms with Crippen LogP contribution in [0.5, 0.6) is 0 Å². The maximum atomic E-state index is 4.94. The Kier molecular flexibility index (Phi) is 31.0. The molecule has 184 valence electrons. The fourth-order valence-electron chi connectivity index (χ4n) is 2.04. The van der Waals surface area contributed by atoms with Crippen molar-refractivity contribution in [3.8, 4) is 0 Å². The summed E-state index contributed by atoms with van der Waals surface area (Å²) in [4.78, 5) is 0. The van der Waals surface area contributed by atoms with Gasteiger partial charge in [-0.1, -0.05) is 39.3 Å².